The van der Waals surface area contributed by atoms with Crippen molar-refractivity contribution in [2.45, 2.75) is 57.4 Å². The number of hydrogen-bond donors (Lipinski definition) is 0. The van der Waals surface area contributed by atoms with E-state index < -0.39 is 5.41 Å². The van der Waals surface area contributed by atoms with Crippen LogP contribution in [-0.2, 0) is 12.0 Å². The first-order valence-corrected chi connectivity index (χ1v) is 10.6. The fraction of sp³-hybridized carbons (Fsp3) is 0.480. The molecular formula is C25H31FN2. The molecule has 0 spiro atoms. The summed E-state index contributed by atoms with van der Waals surface area (Å²) >= 11 is 0. The zero-order valence-corrected chi connectivity index (χ0v) is 16.9. The maximum atomic E-state index is 14.6. The van der Waals surface area contributed by atoms with Gasteiger partial charge in [0.1, 0.15) is 5.82 Å². The van der Waals surface area contributed by atoms with Crippen LogP contribution in [0.4, 0.5) is 4.39 Å². The highest BCUT2D eigenvalue weighted by atomic mass is 19.1. The number of halogens is 1. The number of rotatable bonds is 10. The second-order valence-electron chi connectivity index (χ2n) is 8.06. The van der Waals surface area contributed by atoms with Crippen LogP contribution in [0.25, 0.3) is 0 Å². The molecule has 1 saturated carbocycles. The second kappa shape index (κ2) is 9.85. The lowest BCUT2D eigenvalue weighted by molar-refractivity contribution is 0.179. The largest absolute Gasteiger partial charge is 0.299 e. The molecule has 3 rings (SSSR count). The Bertz CT molecular complexity index is 779. The van der Waals surface area contributed by atoms with E-state index in [0.717, 1.165) is 58.2 Å². The van der Waals surface area contributed by atoms with E-state index in [-0.39, 0.29) is 11.7 Å². The van der Waals surface area contributed by atoms with Crippen LogP contribution in [0.3, 0.4) is 0 Å². The Morgan fingerprint density at radius 2 is 1.79 bits per heavy atom. The van der Waals surface area contributed by atoms with E-state index in [0.29, 0.717) is 5.56 Å². The number of nitriles is 1. The molecule has 0 aliphatic heterocycles. The first-order valence-electron chi connectivity index (χ1n) is 10.6. The maximum absolute atomic E-state index is 14.6. The Morgan fingerprint density at radius 1 is 1.07 bits per heavy atom. The molecule has 2 nitrogen and oxygen atoms in total. The summed E-state index contributed by atoms with van der Waals surface area (Å²) in [5.74, 6) is 0.0498. The van der Waals surface area contributed by atoms with Gasteiger partial charge < -0.3 is 0 Å². The summed E-state index contributed by atoms with van der Waals surface area (Å²) in [6, 6.07) is 20.0. The quantitative estimate of drug-likeness (QED) is 0.501. The molecule has 0 radical (unpaired) electrons. The molecule has 0 heterocycles. The summed E-state index contributed by atoms with van der Waals surface area (Å²) in [6.45, 7) is 5.10. The Kier molecular flexibility index (Phi) is 7.23. The lowest BCUT2D eigenvalue weighted by Gasteiger charge is -2.41. The lowest BCUT2D eigenvalue weighted by Crippen LogP contribution is -2.39. The monoisotopic (exact) mass is 378 g/mol. The van der Waals surface area contributed by atoms with E-state index >= 15 is 0 Å². The molecule has 1 unspecified atom stereocenters. The van der Waals surface area contributed by atoms with Crippen molar-refractivity contribution >= 4 is 0 Å². The van der Waals surface area contributed by atoms with Crippen LogP contribution in [-0.4, -0.2) is 18.0 Å². The van der Waals surface area contributed by atoms with Crippen molar-refractivity contribution in [2.24, 2.45) is 5.92 Å². The van der Waals surface area contributed by atoms with Crippen LogP contribution < -0.4 is 0 Å². The van der Waals surface area contributed by atoms with Gasteiger partial charge in [0.2, 0.25) is 0 Å². The minimum Gasteiger partial charge on any atom is -0.299 e. The SMILES string of the molecule is CCCN(CCCC(C#N)(c1ccccc1F)C1CCC1)Cc1ccccc1. The van der Waals surface area contributed by atoms with Crippen LogP contribution in [0.1, 0.15) is 56.6 Å². The summed E-state index contributed by atoms with van der Waals surface area (Å²) in [7, 11) is 0. The van der Waals surface area contributed by atoms with Crippen LogP contribution in [0.15, 0.2) is 54.6 Å². The molecule has 0 aromatic heterocycles. The van der Waals surface area contributed by atoms with Gasteiger partial charge >= 0.3 is 0 Å². The predicted octanol–water partition coefficient (Wildman–Crippen LogP) is 6.08. The smallest absolute Gasteiger partial charge is 0.128 e. The van der Waals surface area contributed by atoms with Gasteiger partial charge in [0, 0.05) is 12.1 Å². The average molecular weight is 379 g/mol. The van der Waals surface area contributed by atoms with Gasteiger partial charge in [0.05, 0.1) is 11.5 Å². The van der Waals surface area contributed by atoms with Crippen molar-refractivity contribution in [1.82, 2.24) is 4.90 Å². The molecule has 2 aromatic rings. The maximum Gasteiger partial charge on any atom is 0.128 e. The van der Waals surface area contributed by atoms with Gasteiger partial charge in [-0.2, -0.15) is 5.26 Å². The topological polar surface area (TPSA) is 27.0 Å². The molecular weight excluding hydrogens is 347 g/mol. The van der Waals surface area contributed by atoms with E-state index in [1.807, 2.05) is 18.2 Å². The molecule has 148 valence electrons. The van der Waals surface area contributed by atoms with Crippen LogP contribution in [0, 0.1) is 23.1 Å². The fourth-order valence-corrected chi connectivity index (χ4v) is 4.50. The Morgan fingerprint density at radius 3 is 2.39 bits per heavy atom. The third-order valence-corrected chi connectivity index (χ3v) is 6.19. The van der Waals surface area contributed by atoms with Crippen molar-refractivity contribution < 1.29 is 4.39 Å². The van der Waals surface area contributed by atoms with E-state index in [2.05, 4.69) is 42.2 Å². The van der Waals surface area contributed by atoms with Crippen LogP contribution in [0.2, 0.25) is 0 Å². The number of hydrogen-bond acceptors (Lipinski definition) is 2. The minimum atomic E-state index is -0.686. The average Bonchev–Trinajstić information content (AvgIpc) is 2.67. The van der Waals surface area contributed by atoms with Crippen molar-refractivity contribution in [3.63, 3.8) is 0 Å². The first-order chi connectivity index (χ1) is 13.7. The zero-order valence-electron chi connectivity index (χ0n) is 16.9. The molecule has 0 N–H and O–H groups in total. The molecule has 1 atom stereocenters. The Balaban J connectivity index is 1.71. The molecule has 0 saturated heterocycles. The molecule has 28 heavy (non-hydrogen) atoms. The third-order valence-electron chi connectivity index (χ3n) is 6.19. The molecule has 3 heteroatoms. The minimum absolute atomic E-state index is 0.231. The highest BCUT2D eigenvalue weighted by molar-refractivity contribution is 5.35. The summed E-state index contributed by atoms with van der Waals surface area (Å²) < 4.78 is 14.6. The molecule has 0 amide bonds. The molecule has 1 aliphatic rings. The van der Waals surface area contributed by atoms with Crippen molar-refractivity contribution in [3.05, 3.63) is 71.5 Å². The van der Waals surface area contributed by atoms with Gasteiger partial charge in [-0.3, -0.25) is 4.90 Å². The summed E-state index contributed by atoms with van der Waals surface area (Å²) in [5.41, 5.74) is 1.23. The van der Waals surface area contributed by atoms with Gasteiger partial charge in [0.15, 0.2) is 0 Å². The number of nitrogens with zero attached hydrogens (tertiary/aromatic N) is 2. The van der Waals surface area contributed by atoms with Crippen molar-refractivity contribution in [1.29, 1.82) is 5.26 Å². The predicted molar refractivity (Wildman–Crippen MR) is 112 cm³/mol. The second-order valence-corrected chi connectivity index (χ2v) is 8.06. The van der Waals surface area contributed by atoms with Crippen molar-refractivity contribution in [2.75, 3.05) is 13.1 Å². The van der Waals surface area contributed by atoms with Crippen LogP contribution in [0.5, 0.6) is 0 Å². The first kappa shape index (κ1) is 20.6. The molecule has 0 bridgehead atoms. The highest BCUT2D eigenvalue weighted by Gasteiger charge is 2.44. The van der Waals surface area contributed by atoms with Gasteiger partial charge in [-0.25, -0.2) is 4.39 Å². The van der Waals surface area contributed by atoms with Crippen LogP contribution >= 0.6 is 0 Å². The van der Waals surface area contributed by atoms with Gasteiger partial charge in [0.25, 0.3) is 0 Å². The molecule has 1 aliphatic carbocycles. The molecule has 1 fully saturated rings. The zero-order chi connectivity index (χ0) is 19.8. The normalized spacial score (nSPS) is 16.4. The third kappa shape index (κ3) is 4.62. The van der Waals surface area contributed by atoms with E-state index in [9.17, 15) is 9.65 Å². The summed E-state index contributed by atoms with van der Waals surface area (Å²) in [5, 5.41) is 10.2. The number of benzene rings is 2. The molecule has 2 aromatic carbocycles. The standard InChI is InChI=1S/C25H31FN2/c1-2-17-28(19-21-10-4-3-5-11-21)18-9-16-25(20-27,22-12-8-13-22)23-14-6-7-15-24(23)26/h3-7,10-11,14-15,22H,2,8-9,12-13,16-19H2,1H3. The van der Waals surface area contributed by atoms with E-state index in [1.54, 1.807) is 6.07 Å². The van der Waals surface area contributed by atoms with E-state index in [4.69, 9.17) is 0 Å². The lowest BCUT2D eigenvalue weighted by atomic mass is 9.60. The Hall–Kier alpha value is -2.18. The summed E-state index contributed by atoms with van der Waals surface area (Å²) in [4.78, 5) is 2.46. The van der Waals surface area contributed by atoms with E-state index in [1.165, 1.54) is 11.6 Å². The Labute approximate surface area is 169 Å². The van der Waals surface area contributed by atoms with Gasteiger partial charge in [-0.1, -0.05) is 61.9 Å². The fourth-order valence-electron chi connectivity index (χ4n) is 4.50. The van der Waals surface area contributed by atoms with Gasteiger partial charge in [-0.05, 0) is 62.7 Å². The highest BCUT2D eigenvalue weighted by Crippen LogP contribution is 2.47. The van der Waals surface area contributed by atoms with Gasteiger partial charge in [-0.15, -0.1) is 0 Å². The van der Waals surface area contributed by atoms with Crippen molar-refractivity contribution in [3.8, 4) is 6.07 Å². The summed E-state index contributed by atoms with van der Waals surface area (Å²) in [6.07, 6.45) is 5.95.